The fourth-order valence-electron chi connectivity index (χ4n) is 3.19. The number of rotatable bonds is 5. The number of fused-ring (bicyclic) bond motifs is 1. The van der Waals surface area contributed by atoms with Crippen LogP contribution in [0.5, 0.6) is 11.5 Å². The molecule has 0 saturated heterocycles. The molecule has 25 heavy (non-hydrogen) atoms. The summed E-state index contributed by atoms with van der Waals surface area (Å²) in [5.41, 5.74) is 1.88. The Kier molecular flexibility index (Phi) is 3.96. The van der Waals surface area contributed by atoms with Gasteiger partial charge in [-0.1, -0.05) is 18.2 Å². The maximum absolute atomic E-state index is 12.6. The third-order valence-corrected chi connectivity index (χ3v) is 6.31. The highest BCUT2D eigenvalue weighted by Crippen LogP contribution is 2.49. The molecule has 1 aliphatic carbocycles. The van der Waals surface area contributed by atoms with Gasteiger partial charge >= 0.3 is 0 Å². The summed E-state index contributed by atoms with van der Waals surface area (Å²) < 4.78 is 39.1. The van der Waals surface area contributed by atoms with Crippen LogP contribution in [0.15, 0.2) is 47.4 Å². The number of ether oxygens (including phenoxy) is 2. The second kappa shape index (κ2) is 6.04. The minimum Gasteiger partial charge on any atom is -0.486 e. The quantitative estimate of drug-likeness (QED) is 0.892. The van der Waals surface area contributed by atoms with Gasteiger partial charge in [0.2, 0.25) is 10.0 Å². The Morgan fingerprint density at radius 2 is 1.80 bits per heavy atom. The predicted octanol–water partition coefficient (Wildman–Crippen LogP) is 2.78. The van der Waals surface area contributed by atoms with Crippen molar-refractivity contribution >= 4 is 10.0 Å². The van der Waals surface area contributed by atoms with E-state index in [1.54, 1.807) is 18.2 Å². The first-order valence-electron chi connectivity index (χ1n) is 8.45. The first kappa shape index (κ1) is 16.4. The summed E-state index contributed by atoms with van der Waals surface area (Å²) in [5.74, 6) is 1.50. The zero-order valence-corrected chi connectivity index (χ0v) is 14.9. The molecule has 5 nitrogen and oxygen atoms in total. The average molecular weight is 359 g/mol. The van der Waals surface area contributed by atoms with Crippen molar-refractivity contribution in [3.05, 3.63) is 53.6 Å². The number of hydrogen-bond acceptors (Lipinski definition) is 4. The van der Waals surface area contributed by atoms with Crippen molar-refractivity contribution in [2.75, 3.05) is 19.8 Å². The molecule has 4 rings (SSSR count). The monoisotopic (exact) mass is 359 g/mol. The van der Waals surface area contributed by atoms with E-state index in [1.165, 1.54) is 0 Å². The van der Waals surface area contributed by atoms with Crippen LogP contribution in [-0.4, -0.2) is 28.2 Å². The van der Waals surface area contributed by atoms with Gasteiger partial charge in [0.15, 0.2) is 11.5 Å². The normalized spacial score (nSPS) is 18.0. The summed E-state index contributed by atoms with van der Waals surface area (Å²) in [4.78, 5) is 0.311. The van der Waals surface area contributed by atoms with Gasteiger partial charge in [-0.15, -0.1) is 0 Å². The lowest BCUT2D eigenvalue weighted by molar-refractivity contribution is 0.171. The maximum Gasteiger partial charge on any atom is 0.240 e. The van der Waals surface area contributed by atoms with Crippen LogP contribution in [0.3, 0.4) is 0 Å². The van der Waals surface area contributed by atoms with Crippen molar-refractivity contribution in [2.45, 2.75) is 30.1 Å². The van der Waals surface area contributed by atoms with E-state index < -0.39 is 10.0 Å². The third-order valence-electron chi connectivity index (χ3n) is 4.91. The molecule has 1 aliphatic heterocycles. The fraction of sp³-hybridized carbons (Fsp3) is 0.368. The molecule has 2 aromatic carbocycles. The highest BCUT2D eigenvalue weighted by Gasteiger charge is 2.45. The Labute approximate surface area is 148 Å². The summed E-state index contributed by atoms with van der Waals surface area (Å²) in [5, 5.41) is 0. The van der Waals surface area contributed by atoms with E-state index in [9.17, 15) is 8.42 Å². The Hall–Kier alpha value is -2.05. The Balaban J connectivity index is 1.53. The zero-order valence-electron chi connectivity index (χ0n) is 14.1. The van der Waals surface area contributed by atoms with Crippen LogP contribution in [0.1, 0.15) is 24.0 Å². The largest absolute Gasteiger partial charge is 0.486 e. The molecule has 1 N–H and O–H groups in total. The van der Waals surface area contributed by atoms with E-state index in [2.05, 4.69) is 4.72 Å². The molecule has 6 heteroatoms. The lowest BCUT2D eigenvalue weighted by Crippen LogP contribution is -2.32. The molecule has 0 atom stereocenters. The maximum atomic E-state index is 12.6. The predicted molar refractivity (Wildman–Crippen MR) is 94.7 cm³/mol. The van der Waals surface area contributed by atoms with Gasteiger partial charge in [0, 0.05) is 12.0 Å². The summed E-state index contributed by atoms with van der Waals surface area (Å²) in [7, 11) is -3.51. The number of aryl methyl sites for hydroxylation is 1. The molecule has 1 heterocycles. The van der Waals surface area contributed by atoms with E-state index in [0.717, 1.165) is 35.5 Å². The van der Waals surface area contributed by atoms with Gasteiger partial charge in [-0.25, -0.2) is 13.1 Å². The lowest BCUT2D eigenvalue weighted by Gasteiger charge is -2.22. The Morgan fingerprint density at radius 3 is 2.52 bits per heavy atom. The summed E-state index contributed by atoms with van der Waals surface area (Å²) >= 11 is 0. The minimum atomic E-state index is -3.51. The fourth-order valence-corrected chi connectivity index (χ4v) is 4.42. The van der Waals surface area contributed by atoms with E-state index in [0.29, 0.717) is 24.7 Å². The van der Waals surface area contributed by atoms with Crippen LogP contribution in [0.25, 0.3) is 0 Å². The topological polar surface area (TPSA) is 64.6 Å². The van der Waals surface area contributed by atoms with Gasteiger partial charge in [-0.05, 0) is 55.2 Å². The number of sulfonamides is 1. The van der Waals surface area contributed by atoms with Crippen LogP contribution >= 0.6 is 0 Å². The molecule has 0 bridgehead atoms. The molecule has 0 aromatic heterocycles. The molecule has 2 aliphatic rings. The van der Waals surface area contributed by atoms with Crippen LogP contribution < -0.4 is 14.2 Å². The van der Waals surface area contributed by atoms with Crippen molar-refractivity contribution in [2.24, 2.45) is 0 Å². The molecule has 132 valence electrons. The summed E-state index contributed by atoms with van der Waals surface area (Å²) in [6, 6.07) is 12.9. The number of nitrogens with one attached hydrogen (secondary N) is 1. The van der Waals surface area contributed by atoms with E-state index in [1.807, 2.05) is 31.2 Å². The Bertz CT molecular complexity index is 903. The molecule has 2 aromatic rings. The number of hydrogen-bond donors (Lipinski definition) is 1. The summed E-state index contributed by atoms with van der Waals surface area (Å²) in [6.07, 6.45) is 1.92. The molecule has 1 fully saturated rings. The van der Waals surface area contributed by atoms with Crippen LogP contribution in [-0.2, 0) is 15.4 Å². The molecule has 0 radical (unpaired) electrons. The zero-order chi connectivity index (χ0) is 17.5. The van der Waals surface area contributed by atoms with Crippen LogP contribution in [0.4, 0.5) is 0 Å². The molecule has 0 spiro atoms. The van der Waals surface area contributed by atoms with Crippen molar-refractivity contribution in [3.8, 4) is 11.5 Å². The van der Waals surface area contributed by atoms with Crippen molar-refractivity contribution in [3.63, 3.8) is 0 Å². The molecule has 0 amide bonds. The van der Waals surface area contributed by atoms with Gasteiger partial charge in [-0.2, -0.15) is 0 Å². The van der Waals surface area contributed by atoms with E-state index in [-0.39, 0.29) is 5.41 Å². The van der Waals surface area contributed by atoms with Crippen LogP contribution in [0, 0.1) is 6.92 Å². The minimum absolute atomic E-state index is 0.146. The van der Waals surface area contributed by atoms with Crippen LogP contribution in [0.2, 0.25) is 0 Å². The standard InChI is InChI=1S/C19H21NO4S/c1-14-3-2-4-16(11-14)25(21,22)20-13-19(7-8-19)15-5-6-17-18(12-15)24-10-9-23-17/h2-6,11-12,20H,7-10,13H2,1H3. The van der Waals surface area contributed by atoms with Gasteiger partial charge in [0.25, 0.3) is 0 Å². The first-order chi connectivity index (χ1) is 12.0. The molecular weight excluding hydrogens is 338 g/mol. The van der Waals surface area contributed by atoms with E-state index in [4.69, 9.17) is 9.47 Å². The second-order valence-corrected chi connectivity index (χ2v) is 8.55. The van der Waals surface area contributed by atoms with Gasteiger partial charge < -0.3 is 9.47 Å². The Morgan fingerprint density at radius 1 is 1.04 bits per heavy atom. The molecular formula is C19H21NO4S. The van der Waals surface area contributed by atoms with Crippen molar-refractivity contribution in [1.82, 2.24) is 4.72 Å². The van der Waals surface area contributed by atoms with Crippen molar-refractivity contribution in [1.29, 1.82) is 0 Å². The first-order valence-corrected chi connectivity index (χ1v) is 9.93. The smallest absolute Gasteiger partial charge is 0.240 e. The van der Waals surface area contributed by atoms with Gasteiger partial charge in [0.05, 0.1) is 4.90 Å². The second-order valence-electron chi connectivity index (χ2n) is 6.78. The van der Waals surface area contributed by atoms with Gasteiger partial charge in [0.1, 0.15) is 13.2 Å². The van der Waals surface area contributed by atoms with Crippen molar-refractivity contribution < 1.29 is 17.9 Å². The number of benzene rings is 2. The van der Waals surface area contributed by atoms with E-state index >= 15 is 0 Å². The van der Waals surface area contributed by atoms with Gasteiger partial charge in [-0.3, -0.25) is 0 Å². The summed E-state index contributed by atoms with van der Waals surface area (Å²) in [6.45, 7) is 3.39. The average Bonchev–Trinajstić information content (AvgIpc) is 3.41. The highest BCUT2D eigenvalue weighted by atomic mass is 32.2. The highest BCUT2D eigenvalue weighted by molar-refractivity contribution is 7.89. The third kappa shape index (κ3) is 3.24. The lowest BCUT2D eigenvalue weighted by atomic mass is 9.96. The molecule has 1 saturated carbocycles. The SMILES string of the molecule is Cc1cccc(S(=O)(=O)NCC2(c3ccc4c(c3)OCCO4)CC2)c1. The molecule has 0 unspecified atom stereocenters.